The van der Waals surface area contributed by atoms with Crippen molar-refractivity contribution >= 4 is 17.5 Å². The van der Waals surface area contributed by atoms with E-state index in [0.29, 0.717) is 29.5 Å². The topological polar surface area (TPSA) is 73.6 Å². The van der Waals surface area contributed by atoms with Gasteiger partial charge in [-0.3, -0.25) is 4.79 Å². The minimum atomic E-state index is -0.321. The summed E-state index contributed by atoms with van der Waals surface area (Å²) in [6.07, 6.45) is 0.304. The molecule has 1 atom stereocenters. The molecule has 0 saturated carbocycles. The van der Waals surface area contributed by atoms with Gasteiger partial charge >= 0.3 is 0 Å². The van der Waals surface area contributed by atoms with Gasteiger partial charge in [-0.1, -0.05) is 11.6 Å². The molecule has 98 valence electrons. The van der Waals surface area contributed by atoms with Crippen LogP contribution in [-0.2, 0) is 11.3 Å². The van der Waals surface area contributed by atoms with Gasteiger partial charge in [0.2, 0.25) is 12.7 Å². The van der Waals surface area contributed by atoms with Crippen LogP contribution < -0.4 is 20.5 Å². The van der Waals surface area contributed by atoms with Gasteiger partial charge in [-0.2, -0.15) is 0 Å². The highest BCUT2D eigenvalue weighted by Crippen LogP contribution is 2.39. The number of benzene rings is 1. The maximum Gasteiger partial charge on any atom is 0.231 e. The van der Waals surface area contributed by atoms with E-state index in [-0.39, 0.29) is 18.7 Å². The Morgan fingerprint density at radius 2 is 2.33 bits per heavy atom. The summed E-state index contributed by atoms with van der Waals surface area (Å²) in [6.45, 7) is 2.69. The summed E-state index contributed by atoms with van der Waals surface area (Å²) in [5.41, 5.74) is 6.10. The van der Waals surface area contributed by atoms with Crippen LogP contribution in [0.3, 0.4) is 0 Å². The fraction of sp³-hybridized carbons (Fsp3) is 0.417. The van der Waals surface area contributed by atoms with Crippen molar-refractivity contribution < 1.29 is 14.3 Å². The molecule has 0 radical (unpaired) electrons. The highest BCUT2D eigenvalue weighted by molar-refractivity contribution is 6.32. The molecule has 1 heterocycles. The summed E-state index contributed by atoms with van der Waals surface area (Å²) in [5.74, 6) is 0.922. The van der Waals surface area contributed by atoms with Crippen LogP contribution in [0.1, 0.15) is 18.9 Å². The second-order valence-electron chi connectivity index (χ2n) is 4.26. The van der Waals surface area contributed by atoms with Gasteiger partial charge in [-0.05, 0) is 24.6 Å². The second kappa shape index (κ2) is 5.46. The lowest BCUT2D eigenvalue weighted by Crippen LogP contribution is -2.30. The van der Waals surface area contributed by atoms with Crippen molar-refractivity contribution in [3.8, 4) is 11.5 Å². The Balaban J connectivity index is 1.98. The van der Waals surface area contributed by atoms with Gasteiger partial charge < -0.3 is 20.5 Å². The van der Waals surface area contributed by atoms with Gasteiger partial charge in [0.05, 0.1) is 5.02 Å². The Kier molecular flexibility index (Phi) is 3.93. The number of nitrogens with two attached hydrogens (primary N) is 1. The van der Waals surface area contributed by atoms with E-state index in [2.05, 4.69) is 5.32 Å². The van der Waals surface area contributed by atoms with Crippen LogP contribution in [0.25, 0.3) is 0 Å². The predicted molar refractivity (Wildman–Crippen MR) is 67.7 cm³/mol. The molecule has 1 aromatic carbocycles. The van der Waals surface area contributed by atoms with Gasteiger partial charge in [0, 0.05) is 19.0 Å². The normalized spacial score (nSPS) is 14.6. The zero-order chi connectivity index (χ0) is 13.1. The first-order valence-corrected chi connectivity index (χ1v) is 6.03. The summed E-state index contributed by atoms with van der Waals surface area (Å²) in [5, 5.41) is 3.72. The molecule has 2 rings (SSSR count). The highest BCUT2D eigenvalue weighted by atomic mass is 35.5. The van der Waals surface area contributed by atoms with Gasteiger partial charge in [-0.15, -0.1) is 0 Å². The summed E-state index contributed by atoms with van der Waals surface area (Å²) in [7, 11) is 0. The summed E-state index contributed by atoms with van der Waals surface area (Å²) >= 11 is 6.07. The van der Waals surface area contributed by atoms with Crippen molar-refractivity contribution in [1.29, 1.82) is 0 Å². The molecule has 1 unspecified atom stereocenters. The summed E-state index contributed by atoms with van der Waals surface area (Å²) in [6, 6.07) is 3.71. The molecular formula is C12H15ClN2O3. The van der Waals surface area contributed by atoms with Crippen molar-refractivity contribution in [1.82, 2.24) is 5.32 Å². The van der Waals surface area contributed by atoms with Crippen LogP contribution in [0, 0.1) is 0 Å². The number of rotatable bonds is 5. The molecule has 6 heteroatoms. The average Bonchev–Trinajstić information content (AvgIpc) is 2.74. The third-order valence-electron chi connectivity index (χ3n) is 2.65. The first-order valence-electron chi connectivity index (χ1n) is 5.66. The van der Waals surface area contributed by atoms with E-state index >= 15 is 0 Å². The number of halogens is 1. The standard InChI is InChI=1S/C12H15ClN2O3/c1-7(2-11(14)16)15-5-8-3-9(13)12-10(4-8)17-6-18-12/h3-4,7,15H,2,5-6H2,1H3,(H2,14,16). The number of ether oxygens (including phenoxy) is 2. The molecule has 0 aromatic heterocycles. The van der Waals surface area contributed by atoms with Crippen LogP contribution in [0.5, 0.6) is 11.5 Å². The molecule has 0 spiro atoms. The number of fused-ring (bicyclic) bond motifs is 1. The lowest BCUT2D eigenvalue weighted by Gasteiger charge is -2.12. The van der Waals surface area contributed by atoms with Gasteiger partial charge in [0.25, 0.3) is 0 Å². The highest BCUT2D eigenvalue weighted by Gasteiger charge is 2.18. The fourth-order valence-corrected chi connectivity index (χ4v) is 2.08. The first-order chi connectivity index (χ1) is 8.56. The largest absolute Gasteiger partial charge is 0.454 e. The van der Waals surface area contributed by atoms with E-state index in [1.165, 1.54) is 0 Å². The SMILES string of the molecule is CC(CC(N)=O)NCc1cc(Cl)c2c(c1)OCO2. The van der Waals surface area contributed by atoms with Gasteiger partial charge in [0.15, 0.2) is 11.5 Å². The summed E-state index contributed by atoms with van der Waals surface area (Å²) in [4.78, 5) is 10.8. The monoisotopic (exact) mass is 270 g/mol. The number of hydrogen-bond donors (Lipinski definition) is 2. The van der Waals surface area contributed by atoms with Crippen molar-refractivity contribution in [3.63, 3.8) is 0 Å². The lowest BCUT2D eigenvalue weighted by molar-refractivity contribution is -0.118. The van der Waals surface area contributed by atoms with E-state index in [1.54, 1.807) is 0 Å². The number of hydrogen-bond acceptors (Lipinski definition) is 4. The maximum atomic E-state index is 10.8. The van der Waals surface area contributed by atoms with Crippen molar-refractivity contribution in [3.05, 3.63) is 22.7 Å². The molecular weight excluding hydrogens is 256 g/mol. The average molecular weight is 271 g/mol. The zero-order valence-corrected chi connectivity index (χ0v) is 10.8. The molecule has 1 aliphatic heterocycles. The number of nitrogens with one attached hydrogen (secondary N) is 1. The smallest absolute Gasteiger partial charge is 0.231 e. The maximum absolute atomic E-state index is 10.8. The Morgan fingerprint density at radius 1 is 1.56 bits per heavy atom. The first kappa shape index (κ1) is 13.0. The quantitative estimate of drug-likeness (QED) is 0.849. The van der Waals surface area contributed by atoms with E-state index in [1.807, 2.05) is 19.1 Å². The molecule has 1 aliphatic rings. The Hall–Kier alpha value is -1.46. The van der Waals surface area contributed by atoms with E-state index in [4.69, 9.17) is 26.8 Å². The Morgan fingerprint density at radius 3 is 3.06 bits per heavy atom. The molecule has 18 heavy (non-hydrogen) atoms. The molecule has 0 aliphatic carbocycles. The van der Waals surface area contributed by atoms with Crippen molar-refractivity contribution in [2.45, 2.75) is 25.9 Å². The van der Waals surface area contributed by atoms with E-state index in [0.717, 1.165) is 5.56 Å². The lowest BCUT2D eigenvalue weighted by atomic mass is 10.1. The fourth-order valence-electron chi connectivity index (χ4n) is 1.79. The third-order valence-corrected chi connectivity index (χ3v) is 2.93. The Bertz CT molecular complexity index is 465. The van der Waals surface area contributed by atoms with Crippen LogP contribution in [0.4, 0.5) is 0 Å². The van der Waals surface area contributed by atoms with Crippen molar-refractivity contribution in [2.75, 3.05) is 6.79 Å². The third kappa shape index (κ3) is 3.05. The van der Waals surface area contributed by atoms with E-state index in [9.17, 15) is 4.79 Å². The van der Waals surface area contributed by atoms with Crippen LogP contribution in [0.2, 0.25) is 5.02 Å². The minimum Gasteiger partial charge on any atom is -0.454 e. The molecule has 5 nitrogen and oxygen atoms in total. The second-order valence-corrected chi connectivity index (χ2v) is 4.67. The number of amides is 1. The molecule has 0 fully saturated rings. The zero-order valence-electron chi connectivity index (χ0n) is 10.0. The molecule has 3 N–H and O–H groups in total. The van der Waals surface area contributed by atoms with E-state index < -0.39 is 0 Å². The number of primary amides is 1. The number of carbonyl (C=O) groups excluding carboxylic acids is 1. The van der Waals surface area contributed by atoms with Crippen LogP contribution >= 0.6 is 11.6 Å². The minimum absolute atomic E-state index is 0.0201. The van der Waals surface area contributed by atoms with Crippen LogP contribution in [-0.4, -0.2) is 18.7 Å². The Labute approximate surface area is 110 Å². The van der Waals surface area contributed by atoms with Crippen molar-refractivity contribution in [2.24, 2.45) is 5.73 Å². The molecule has 1 amide bonds. The van der Waals surface area contributed by atoms with Crippen LogP contribution in [0.15, 0.2) is 12.1 Å². The predicted octanol–water partition coefficient (Wildman–Crippen LogP) is 1.42. The molecule has 0 bridgehead atoms. The molecule has 1 aromatic rings. The van der Waals surface area contributed by atoms with Gasteiger partial charge in [0.1, 0.15) is 0 Å². The van der Waals surface area contributed by atoms with Gasteiger partial charge in [-0.25, -0.2) is 0 Å². The number of carbonyl (C=O) groups is 1. The summed E-state index contributed by atoms with van der Waals surface area (Å²) < 4.78 is 10.5. The molecule has 0 saturated heterocycles.